The molecule has 0 aliphatic rings. The van der Waals surface area contributed by atoms with Gasteiger partial charge in [-0.05, 0) is 18.9 Å². The summed E-state index contributed by atoms with van der Waals surface area (Å²) in [7, 11) is 0. The third kappa shape index (κ3) is 2.89. The van der Waals surface area contributed by atoms with E-state index in [0.717, 1.165) is 23.6 Å². The van der Waals surface area contributed by atoms with Gasteiger partial charge in [-0.15, -0.1) is 0 Å². The second-order valence-electron chi connectivity index (χ2n) is 5.63. The topological polar surface area (TPSA) is 60.0 Å². The molecule has 0 radical (unpaired) electrons. The summed E-state index contributed by atoms with van der Waals surface area (Å²) in [4.78, 5) is 8.51. The minimum absolute atomic E-state index is 0.246. The van der Waals surface area contributed by atoms with E-state index in [1.807, 2.05) is 27.8 Å². The largest absolute Gasteiger partial charge is 0.364 e. The molecule has 3 rings (SSSR count). The van der Waals surface area contributed by atoms with Crippen LogP contribution in [0.3, 0.4) is 0 Å². The molecule has 110 valence electrons. The smallest absolute Gasteiger partial charge is 0.152 e. The highest BCUT2D eigenvalue weighted by molar-refractivity contribution is 5.68. The molecule has 0 amide bonds. The standard InChI is InChI=1S/C15H20N6/c1-11(2)13-8-14-15(17-5-7-21(14)19-13)18-12(3)9-20-6-4-16-10-20/h4-8,10-12H,9H2,1-3H3,(H,17,18). The average Bonchev–Trinajstić information content (AvgIpc) is 3.07. The lowest BCUT2D eigenvalue weighted by atomic mass is 10.1. The van der Waals surface area contributed by atoms with Crippen molar-refractivity contribution >= 4 is 11.3 Å². The molecule has 0 spiro atoms. The zero-order valence-electron chi connectivity index (χ0n) is 12.6. The Morgan fingerprint density at radius 3 is 2.76 bits per heavy atom. The zero-order valence-corrected chi connectivity index (χ0v) is 12.6. The molecule has 6 heteroatoms. The van der Waals surface area contributed by atoms with E-state index in [1.54, 1.807) is 12.4 Å². The first kappa shape index (κ1) is 13.6. The summed E-state index contributed by atoms with van der Waals surface area (Å²) in [6, 6.07) is 2.35. The molecule has 0 bridgehead atoms. The number of hydrogen-bond acceptors (Lipinski definition) is 4. The molecule has 0 aliphatic heterocycles. The number of fused-ring (bicyclic) bond motifs is 1. The molecule has 3 aromatic rings. The predicted octanol–water partition coefficient (Wildman–Crippen LogP) is 2.55. The van der Waals surface area contributed by atoms with Gasteiger partial charge < -0.3 is 9.88 Å². The Hall–Kier alpha value is -2.37. The van der Waals surface area contributed by atoms with Crippen LogP contribution >= 0.6 is 0 Å². The van der Waals surface area contributed by atoms with Gasteiger partial charge in [0, 0.05) is 37.4 Å². The van der Waals surface area contributed by atoms with Crippen LogP contribution in [-0.2, 0) is 6.54 Å². The number of anilines is 1. The van der Waals surface area contributed by atoms with E-state index in [9.17, 15) is 0 Å². The van der Waals surface area contributed by atoms with Gasteiger partial charge in [-0.3, -0.25) is 0 Å². The zero-order chi connectivity index (χ0) is 14.8. The maximum atomic E-state index is 4.58. The first-order valence-corrected chi connectivity index (χ1v) is 7.20. The number of rotatable bonds is 5. The van der Waals surface area contributed by atoms with Crippen molar-refractivity contribution in [2.75, 3.05) is 5.32 Å². The summed E-state index contributed by atoms with van der Waals surface area (Å²) >= 11 is 0. The second-order valence-corrected chi connectivity index (χ2v) is 5.63. The Bertz CT molecular complexity index is 713. The van der Waals surface area contributed by atoms with E-state index in [2.05, 4.69) is 47.2 Å². The van der Waals surface area contributed by atoms with Gasteiger partial charge in [-0.2, -0.15) is 5.10 Å². The molecule has 21 heavy (non-hydrogen) atoms. The number of nitrogens with zero attached hydrogens (tertiary/aromatic N) is 5. The Morgan fingerprint density at radius 2 is 2.05 bits per heavy atom. The summed E-state index contributed by atoms with van der Waals surface area (Å²) < 4.78 is 3.93. The van der Waals surface area contributed by atoms with E-state index >= 15 is 0 Å². The van der Waals surface area contributed by atoms with Crippen molar-refractivity contribution in [1.82, 2.24) is 24.1 Å². The van der Waals surface area contributed by atoms with Gasteiger partial charge in [0.25, 0.3) is 0 Å². The predicted molar refractivity (Wildman–Crippen MR) is 82.4 cm³/mol. The summed E-state index contributed by atoms with van der Waals surface area (Å²) in [5.41, 5.74) is 2.09. The van der Waals surface area contributed by atoms with Crippen molar-refractivity contribution in [3.8, 4) is 0 Å². The monoisotopic (exact) mass is 284 g/mol. The SMILES string of the molecule is CC(Cn1ccnc1)Nc1nccn2nc(C(C)C)cc12. The molecular weight excluding hydrogens is 264 g/mol. The van der Waals surface area contributed by atoms with Gasteiger partial charge in [-0.1, -0.05) is 13.8 Å². The fourth-order valence-electron chi connectivity index (χ4n) is 2.32. The second kappa shape index (κ2) is 5.55. The lowest BCUT2D eigenvalue weighted by molar-refractivity contribution is 0.617. The van der Waals surface area contributed by atoms with Crippen LogP contribution in [0.4, 0.5) is 5.82 Å². The number of nitrogens with one attached hydrogen (secondary N) is 1. The maximum absolute atomic E-state index is 4.58. The fourth-order valence-corrected chi connectivity index (χ4v) is 2.32. The Kier molecular flexibility index (Phi) is 3.60. The Morgan fingerprint density at radius 1 is 1.19 bits per heavy atom. The molecule has 0 aliphatic carbocycles. The van der Waals surface area contributed by atoms with Crippen molar-refractivity contribution in [3.05, 3.63) is 42.9 Å². The van der Waals surface area contributed by atoms with Crippen molar-refractivity contribution in [3.63, 3.8) is 0 Å². The molecular formula is C15H20N6. The van der Waals surface area contributed by atoms with E-state index in [1.165, 1.54) is 0 Å². The molecule has 1 N–H and O–H groups in total. The lowest BCUT2D eigenvalue weighted by Gasteiger charge is -2.15. The van der Waals surface area contributed by atoms with Crippen LogP contribution in [0.5, 0.6) is 0 Å². The van der Waals surface area contributed by atoms with Gasteiger partial charge in [-0.25, -0.2) is 14.5 Å². The lowest BCUT2D eigenvalue weighted by Crippen LogP contribution is -2.22. The number of hydrogen-bond donors (Lipinski definition) is 1. The Labute approximate surface area is 123 Å². The van der Waals surface area contributed by atoms with E-state index in [-0.39, 0.29) is 6.04 Å². The molecule has 6 nitrogen and oxygen atoms in total. The van der Waals surface area contributed by atoms with E-state index in [4.69, 9.17) is 0 Å². The number of imidazole rings is 1. The summed E-state index contributed by atoms with van der Waals surface area (Å²) in [6.45, 7) is 7.26. The molecule has 1 atom stereocenters. The van der Waals surface area contributed by atoms with E-state index in [0.29, 0.717) is 5.92 Å². The van der Waals surface area contributed by atoms with Crippen LogP contribution in [0.1, 0.15) is 32.4 Å². The third-order valence-corrected chi connectivity index (χ3v) is 3.43. The van der Waals surface area contributed by atoms with Crippen LogP contribution in [0.25, 0.3) is 5.52 Å². The van der Waals surface area contributed by atoms with Crippen molar-refractivity contribution in [2.24, 2.45) is 0 Å². The highest BCUT2D eigenvalue weighted by Gasteiger charge is 2.11. The van der Waals surface area contributed by atoms with Crippen LogP contribution in [0, 0.1) is 0 Å². The third-order valence-electron chi connectivity index (χ3n) is 3.43. The summed E-state index contributed by atoms with van der Waals surface area (Å²) in [5.74, 6) is 1.27. The van der Waals surface area contributed by atoms with Gasteiger partial charge in [0.15, 0.2) is 5.82 Å². The summed E-state index contributed by atoms with van der Waals surface area (Å²) in [6.07, 6.45) is 9.23. The fraction of sp³-hybridized carbons (Fsp3) is 0.400. The van der Waals surface area contributed by atoms with Gasteiger partial charge >= 0.3 is 0 Å². The Balaban J connectivity index is 1.83. The molecule has 0 fully saturated rings. The normalized spacial score (nSPS) is 13.0. The summed E-state index contributed by atoms with van der Waals surface area (Å²) in [5, 5.41) is 8.03. The molecule has 1 unspecified atom stereocenters. The van der Waals surface area contributed by atoms with Crippen LogP contribution in [0.15, 0.2) is 37.2 Å². The van der Waals surface area contributed by atoms with Crippen LogP contribution in [-0.4, -0.2) is 30.2 Å². The van der Waals surface area contributed by atoms with Gasteiger partial charge in [0.05, 0.1) is 12.0 Å². The van der Waals surface area contributed by atoms with Crippen molar-refractivity contribution in [2.45, 2.75) is 39.3 Å². The van der Waals surface area contributed by atoms with Crippen LogP contribution < -0.4 is 5.32 Å². The molecule has 0 saturated heterocycles. The maximum Gasteiger partial charge on any atom is 0.152 e. The van der Waals surface area contributed by atoms with E-state index < -0.39 is 0 Å². The minimum atomic E-state index is 0.246. The molecule has 0 saturated carbocycles. The number of aromatic nitrogens is 5. The minimum Gasteiger partial charge on any atom is -0.364 e. The highest BCUT2D eigenvalue weighted by atomic mass is 15.2. The van der Waals surface area contributed by atoms with Crippen molar-refractivity contribution < 1.29 is 0 Å². The molecule has 0 aromatic carbocycles. The van der Waals surface area contributed by atoms with Crippen molar-refractivity contribution in [1.29, 1.82) is 0 Å². The average molecular weight is 284 g/mol. The first-order chi connectivity index (χ1) is 10.1. The highest BCUT2D eigenvalue weighted by Crippen LogP contribution is 2.20. The molecule has 3 aromatic heterocycles. The quantitative estimate of drug-likeness (QED) is 0.782. The van der Waals surface area contributed by atoms with Gasteiger partial charge in [0.2, 0.25) is 0 Å². The first-order valence-electron chi connectivity index (χ1n) is 7.20. The van der Waals surface area contributed by atoms with Gasteiger partial charge in [0.1, 0.15) is 5.52 Å². The van der Waals surface area contributed by atoms with Crippen LogP contribution in [0.2, 0.25) is 0 Å². The molecule has 3 heterocycles.